The van der Waals surface area contributed by atoms with Crippen LogP contribution in [0.2, 0.25) is 5.02 Å². The van der Waals surface area contributed by atoms with Gasteiger partial charge in [-0.15, -0.1) is 12.4 Å². The summed E-state index contributed by atoms with van der Waals surface area (Å²) >= 11 is 6.50. The van der Waals surface area contributed by atoms with Crippen molar-refractivity contribution in [3.63, 3.8) is 0 Å². The SMILES string of the molecule is COc1cc(CNC(C)C(O)c2ccccc2)cc(Cl)c1OCc1ccc(C)cc1.Cl. The van der Waals surface area contributed by atoms with Crippen LogP contribution in [0.25, 0.3) is 0 Å². The minimum Gasteiger partial charge on any atom is -0.493 e. The molecule has 0 aromatic heterocycles. The van der Waals surface area contributed by atoms with E-state index in [9.17, 15) is 5.11 Å². The normalized spacial score (nSPS) is 12.5. The van der Waals surface area contributed by atoms with Crippen molar-refractivity contribution in [2.75, 3.05) is 7.11 Å². The van der Waals surface area contributed by atoms with Crippen LogP contribution in [0.4, 0.5) is 0 Å². The molecule has 0 aliphatic rings. The van der Waals surface area contributed by atoms with E-state index in [1.165, 1.54) is 5.56 Å². The van der Waals surface area contributed by atoms with Gasteiger partial charge in [-0.25, -0.2) is 0 Å². The Labute approximate surface area is 195 Å². The van der Waals surface area contributed by atoms with Crippen LogP contribution in [-0.4, -0.2) is 18.3 Å². The fraction of sp³-hybridized carbons (Fsp3) is 0.280. The molecular formula is C25H29Cl2NO3. The molecule has 0 fully saturated rings. The Morgan fingerprint density at radius 3 is 2.32 bits per heavy atom. The molecule has 2 atom stereocenters. The van der Waals surface area contributed by atoms with Crippen molar-refractivity contribution < 1.29 is 14.6 Å². The van der Waals surface area contributed by atoms with Crippen molar-refractivity contribution in [3.05, 3.63) is 94.0 Å². The minimum atomic E-state index is -0.597. The lowest BCUT2D eigenvalue weighted by molar-refractivity contribution is 0.135. The number of ether oxygens (including phenoxy) is 2. The summed E-state index contributed by atoms with van der Waals surface area (Å²) < 4.78 is 11.5. The van der Waals surface area contributed by atoms with Gasteiger partial charge in [0.1, 0.15) is 6.61 Å². The van der Waals surface area contributed by atoms with Gasteiger partial charge in [-0.1, -0.05) is 71.8 Å². The monoisotopic (exact) mass is 461 g/mol. The van der Waals surface area contributed by atoms with Crippen LogP contribution in [0.3, 0.4) is 0 Å². The van der Waals surface area contributed by atoms with E-state index in [-0.39, 0.29) is 18.4 Å². The summed E-state index contributed by atoms with van der Waals surface area (Å²) in [4.78, 5) is 0. The van der Waals surface area contributed by atoms with Gasteiger partial charge in [0.2, 0.25) is 0 Å². The van der Waals surface area contributed by atoms with E-state index in [1.807, 2.05) is 61.5 Å². The quantitative estimate of drug-likeness (QED) is 0.418. The minimum absolute atomic E-state index is 0. The summed E-state index contributed by atoms with van der Waals surface area (Å²) in [6.07, 6.45) is -0.597. The summed E-state index contributed by atoms with van der Waals surface area (Å²) in [7, 11) is 1.60. The molecule has 166 valence electrons. The van der Waals surface area contributed by atoms with Gasteiger partial charge in [-0.3, -0.25) is 0 Å². The van der Waals surface area contributed by atoms with Crippen LogP contribution < -0.4 is 14.8 Å². The highest BCUT2D eigenvalue weighted by molar-refractivity contribution is 6.32. The zero-order chi connectivity index (χ0) is 21.5. The average Bonchev–Trinajstić information content (AvgIpc) is 2.77. The van der Waals surface area contributed by atoms with Crippen molar-refractivity contribution in [2.45, 2.75) is 39.1 Å². The molecule has 2 N–H and O–H groups in total. The van der Waals surface area contributed by atoms with E-state index in [0.29, 0.717) is 29.7 Å². The maximum Gasteiger partial charge on any atom is 0.180 e. The number of rotatable bonds is 9. The molecule has 3 aromatic rings. The molecule has 0 bridgehead atoms. The van der Waals surface area contributed by atoms with E-state index >= 15 is 0 Å². The van der Waals surface area contributed by atoms with Gasteiger partial charge in [-0.05, 0) is 42.7 Å². The smallest absolute Gasteiger partial charge is 0.180 e. The first-order chi connectivity index (χ1) is 14.5. The molecule has 3 rings (SSSR count). The van der Waals surface area contributed by atoms with E-state index in [1.54, 1.807) is 7.11 Å². The second kappa shape index (κ2) is 12.0. The molecule has 31 heavy (non-hydrogen) atoms. The van der Waals surface area contributed by atoms with Crippen molar-refractivity contribution in [1.29, 1.82) is 0 Å². The molecule has 0 aliphatic heterocycles. The van der Waals surface area contributed by atoms with E-state index in [4.69, 9.17) is 21.1 Å². The predicted molar refractivity (Wildman–Crippen MR) is 128 cm³/mol. The van der Waals surface area contributed by atoms with E-state index in [2.05, 4.69) is 24.4 Å². The highest BCUT2D eigenvalue weighted by atomic mass is 35.5. The Hall–Kier alpha value is -2.24. The average molecular weight is 462 g/mol. The topological polar surface area (TPSA) is 50.7 Å². The van der Waals surface area contributed by atoms with Crippen LogP contribution in [0, 0.1) is 6.92 Å². The highest BCUT2D eigenvalue weighted by Gasteiger charge is 2.17. The summed E-state index contributed by atoms with van der Waals surface area (Å²) in [5.41, 5.74) is 4.10. The third-order valence-electron chi connectivity index (χ3n) is 5.04. The molecular weight excluding hydrogens is 433 g/mol. The predicted octanol–water partition coefficient (Wildman–Crippen LogP) is 5.87. The highest BCUT2D eigenvalue weighted by Crippen LogP contribution is 2.37. The molecule has 2 unspecified atom stereocenters. The molecule has 0 aliphatic carbocycles. The van der Waals surface area contributed by atoms with E-state index < -0.39 is 6.10 Å². The second-order valence-electron chi connectivity index (χ2n) is 7.41. The van der Waals surface area contributed by atoms with Gasteiger partial charge in [-0.2, -0.15) is 0 Å². The van der Waals surface area contributed by atoms with Crippen LogP contribution >= 0.6 is 24.0 Å². The van der Waals surface area contributed by atoms with Crippen LogP contribution in [0.5, 0.6) is 11.5 Å². The Morgan fingerprint density at radius 1 is 1.00 bits per heavy atom. The lowest BCUT2D eigenvalue weighted by Gasteiger charge is -2.21. The van der Waals surface area contributed by atoms with Gasteiger partial charge in [0.05, 0.1) is 18.2 Å². The van der Waals surface area contributed by atoms with Gasteiger partial charge in [0.25, 0.3) is 0 Å². The fourth-order valence-electron chi connectivity index (χ4n) is 3.18. The number of aliphatic hydroxyl groups is 1. The molecule has 0 saturated heterocycles. The number of aliphatic hydroxyl groups excluding tert-OH is 1. The van der Waals surface area contributed by atoms with Gasteiger partial charge in [0, 0.05) is 12.6 Å². The Balaban J connectivity index is 0.00000341. The first kappa shape index (κ1) is 25.0. The molecule has 6 heteroatoms. The molecule has 3 aromatic carbocycles. The van der Waals surface area contributed by atoms with Gasteiger partial charge < -0.3 is 19.9 Å². The number of benzene rings is 3. The maximum atomic E-state index is 10.5. The van der Waals surface area contributed by atoms with Crippen LogP contribution in [0.1, 0.15) is 35.3 Å². The molecule has 4 nitrogen and oxygen atoms in total. The summed E-state index contributed by atoms with van der Waals surface area (Å²) in [5.74, 6) is 1.11. The lowest BCUT2D eigenvalue weighted by atomic mass is 10.0. The molecule has 0 spiro atoms. The standard InChI is InChI=1S/C25H28ClNO3.ClH/c1-17-9-11-19(12-10-17)16-30-25-22(26)13-20(14-23(25)29-3)15-27-18(2)24(28)21-7-5-4-6-8-21;/h4-14,18,24,27-28H,15-16H2,1-3H3;1H. The number of aryl methyl sites for hydroxylation is 1. The number of nitrogens with one attached hydrogen (secondary N) is 1. The lowest BCUT2D eigenvalue weighted by Crippen LogP contribution is -2.31. The molecule has 0 radical (unpaired) electrons. The Morgan fingerprint density at radius 2 is 1.68 bits per heavy atom. The zero-order valence-electron chi connectivity index (χ0n) is 18.0. The number of hydrogen-bond acceptors (Lipinski definition) is 4. The zero-order valence-corrected chi connectivity index (χ0v) is 19.5. The largest absolute Gasteiger partial charge is 0.493 e. The number of halogens is 2. The van der Waals surface area contributed by atoms with E-state index in [0.717, 1.165) is 16.7 Å². The Kier molecular flexibility index (Phi) is 9.66. The molecule has 0 heterocycles. The summed E-state index contributed by atoms with van der Waals surface area (Å²) in [5, 5.41) is 14.4. The maximum absolute atomic E-state index is 10.5. The number of methoxy groups -OCH3 is 1. The van der Waals surface area contributed by atoms with Crippen LogP contribution in [0.15, 0.2) is 66.7 Å². The molecule has 0 amide bonds. The van der Waals surface area contributed by atoms with Crippen molar-refractivity contribution in [1.82, 2.24) is 5.32 Å². The third kappa shape index (κ3) is 6.88. The summed E-state index contributed by atoms with van der Waals surface area (Å²) in [6, 6.07) is 21.4. The van der Waals surface area contributed by atoms with Crippen molar-refractivity contribution in [3.8, 4) is 11.5 Å². The number of hydrogen-bond donors (Lipinski definition) is 2. The third-order valence-corrected chi connectivity index (χ3v) is 5.32. The van der Waals surface area contributed by atoms with Crippen LogP contribution in [-0.2, 0) is 13.2 Å². The molecule has 0 saturated carbocycles. The first-order valence-corrected chi connectivity index (χ1v) is 10.4. The van der Waals surface area contributed by atoms with Crippen molar-refractivity contribution >= 4 is 24.0 Å². The Bertz CT molecular complexity index is 949. The van der Waals surface area contributed by atoms with Crippen molar-refractivity contribution in [2.24, 2.45) is 0 Å². The fourth-order valence-corrected chi connectivity index (χ4v) is 3.47. The first-order valence-electron chi connectivity index (χ1n) is 9.99. The van der Waals surface area contributed by atoms with Gasteiger partial charge in [0.15, 0.2) is 11.5 Å². The van der Waals surface area contributed by atoms with Gasteiger partial charge >= 0.3 is 0 Å². The second-order valence-corrected chi connectivity index (χ2v) is 7.82. The summed E-state index contributed by atoms with van der Waals surface area (Å²) in [6.45, 7) is 4.96.